The van der Waals surface area contributed by atoms with Crippen LogP contribution in [-0.2, 0) is 0 Å². The van der Waals surface area contributed by atoms with Crippen LogP contribution in [0, 0.1) is 11.3 Å². The van der Waals surface area contributed by atoms with Crippen LogP contribution >= 0.6 is 35.1 Å². The van der Waals surface area contributed by atoms with E-state index < -0.39 is 0 Å². The number of hydrogen-bond donors (Lipinski definition) is 0. The first kappa shape index (κ1) is 13.6. The minimum absolute atomic E-state index is 0.288. The van der Waals surface area contributed by atoms with E-state index in [0.717, 1.165) is 20.6 Å². The summed E-state index contributed by atoms with van der Waals surface area (Å²) >= 11 is 9.64. The molecule has 3 rings (SSSR count). The lowest BCUT2D eigenvalue weighted by Gasteiger charge is -2.09. The van der Waals surface area contributed by atoms with Crippen LogP contribution in [0.3, 0.4) is 0 Å². The summed E-state index contributed by atoms with van der Waals surface area (Å²) in [6.45, 7) is 0. The molecule has 1 saturated heterocycles. The van der Waals surface area contributed by atoms with Crippen molar-refractivity contribution in [1.29, 1.82) is 5.26 Å². The maximum atomic E-state index is 9.36. The lowest BCUT2D eigenvalue weighted by molar-refractivity contribution is 1.10. The molecule has 3 nitrogen and oxygen atoms in total. The highest BCUT2D eigenvalue weighted by atomic mass is 35.5. The van der Waals surface area contributed by atoms with Crippen LogP contribution in [0.2, 0.25) is 5.02 Å². The van der Waals surface area contributed by atoms with Gasteiger partial charge in [0.05, 0.1) is 10.6 Å². The molecule has 0 spiro atoms. The zero-order valence-electron chi connectivity index (χ0n) is 10.4. The van der Waals surface area contributed by atoms with Gasteiger partial charge in [-0.3, -0.25) is 4.57 Å². The fraction of sp³-hybridized carbons (Fsp3) is 0.143. The molecule has 0 unspecified atom stereocenters. The molecule has 0 saturated carbocycles. The summed E-state index contributed by atoms with van der Waals surface area (Å²) in [6, 6.07) is 10.1. The van der Waals surface area contributed by atoms with Crippen molar-refractivity contribution in [2.75, 3.05) is 5.75 Å². The van der Waals surface area contributed by atoms with Crippen molar-refractivity contribution >= 4 is 40.8 Å². The molecule has 1 aliphatic rings. The van der Waals surface area contributed by atoms with E-state index in [1.54, 1.807) is 46.8 Å². The summed E-state index contributed by atoms with van der Waals surface area (Å²) in [6.07, 6.45) is 5.11. The van der Waals surface area contributed by atoms with Crippen molar-refractivity contribution in [3.8, 4) is 6.07 Å². The van der Waals surface area contributed by atoms with Gasteiger partial charge in [0.25, 0.3) is 0 Å². The van der Waals surface area contributed by atoms with Gasteiger partial charge in [-0.1, -0.05) is 29.8 Å². The molecule has 1 aliphatic heterocycles. The molecule has 2 heterocycles. The van der Waals surface area contributed by atoms with Crippen LogP contribution < -0.4 is 0 Å². The molecule has 1 atom stereocenters. The summed E-state index contributed by atoms with van der Waals surface area (Å²) in [7, 11) is 0. The number of rotatable bonds is 2. The Kier molecular flexibility index (Phi) is 4.06. The van der Waals surface area contributed by atoms with E-state index in [-0.39, 0.29) is 5.25 Å². The summed E-state index contributed by atoms with van der Waals surface area (Å²) < 4.78 is 2.78. The van der Waals surface area contributed by atoms with E-state index in [1.807, 2.05) is 24.3 Å². The first-order valence-electron chi connectivity index (χ1n) is 5.96. The number of nitriles is 1. The van der Waals surface area contributed by atoms with Crippen LogP contribution in [0.15, 0.2) is 47.2 Å². The molecule has 2 aromatic rings. The minimum Gasteiger partial charge on any atom is -0.296 e. The summed E-state index contributed by atoms with van der Waals surface area (Å²) in [5.41, 5.74) is 1.76. The number of nitrogens with zero attached hydrogens (tertiary/aromatic N) is 3. The number of allylic oxidation sites excluding steroid dienone is 1. The van der Waals surface area contributed by atoms with Gasteiger partial charge in [0.15, 0.2) is 0 Å². The molecule has 6 heteroatoms. The van der Waals surface area contributed by atoms with Gasteiger partial charge in [-0.05, 0) is 11.6 Å². The maximum Gasteiger partial charge on any atom is 0.145 e. The van der Waals surface area contributed by atoms with Gasteiger partial charge >= 0.3 is 0 Å². The Morgan fingerprint density at radius 3 is 3.00 bits per heavy atom. The predicted octanol–water partition coefficient (Wildman–Crippen LogP) is 4.41. The van der Waals surface area contributed by atoms with Gasteiger partial charge in [0.1, 0.15) is 11.8 Å². The Hall–Kier alpha value is -1.35. The van der Waals surface area contributed by atoms with Gasteiger partial charge in [-0.15, -0.1) is 23.5 Å². The molecular weight excluding hydrogens is 310 g/mol. The number of hydrogen-bond acceptors (Lipinski definition) is 4. The second kappa shape index (κ2) is 5.96. The second-order valence-corrected chi connectivity index (χ2v) is 7.07. The molecule has 0 N–H and O–H groups in total. The maximum absolute atomic E-state index is 9.36. The zero-order valence-corrected chi connectivity index (χ0v) is 12.8. The van der Waals surface area contributed by atoms with Crippen molar-refractivity contribution in [2.24, 2.45) is 0 Å². The van der Waals surface area contributed by atoms with E-state index in [9.17, 15) is 5.26 Å². The normalized spacial score (nSPS) is 20.7. The molecule has 0 radical (unpaired) electrons. The van der Waals surface area contributed by atoms with Crippen LogP contribution in [0.1, 0.15) is 10.8 Å². The van der Waals surface area contributed by atoms with Crippen LogP contribution in [-0.4, -0.2) is 15.3 Å². The van der Waals surface area contributed by atoms with Crippen LogP contribution in [0.5, 0.6) is 0 Å². The SMILES string of the molecule is N#CC(=C1SC[C@@H](c2ccccc2Cl)S1)n1ccnc1. The summed E-state index contributed by atoms with van der Waals surface area (Å²) in [5, 5.41) is 10.4. The second-order valence-electron chi connectivity index (χ2n) is 4.16. The molecule has 1 fully saturated rings. The quantitative estimate of drug-likeness (QED) is 0.769. The van der Waals surface area contributed by atoms with Crippen molar-refractivity contribution in [2.45, 2.75) is 5.25 Å². The van der Waals surface area contributed by atoms with E-state index in [2.05, 4.69) is 11.1 Å². The van der Waals surface area contributed by atoms with Crippen LogP contribution in [0.25, 0.3) is 5.70 Å². The van der Waals surface area contributed by atoms with Crippen molar-refractivity contribution in [3.63, 3.8) is 0 Å². The highest BCUT2D eigenvalue weighted by molar-refractivity contribution is 8.25. The van der Waals surface area contributed by atoms with Gasteiger partial charge in [-0.25, -0.2) is 4.98 Å². The molecule has 0 bridgehead atoms. The molecule has 20 heavy (non-hydrogen) atoms. The molecule has 0 amide bonds. The van der Waals surface area contributed by atoms with E-state index in [1.165, 1.54) is 0 Å². The monoisotopic (exact) mass is 319 g/mol. The van der Waals surface area contributed by atoms with Crippen molar-refractivity contribution in [3.05, 3.63) is 57.8 Å². The summed E-state index contributed by atoms with van der Waals surface area (Å²) in [5.74, 6) is 0.920. The predicted molar refractivity (Wildman–Crippen MR) is 85.3 cm³/mol. The number of halogens is 1. The third-order valence-electron chi connectivity index (χ3n) is 2.93. The number of imidazole rings is 1. The molecular formula is C14H10ClN3S2. The Bertz CT molecular complexity index is 689. The largest absolute Gasteiger partial charge is 0.296 e. The Labute approximate surface area is 130 Å². The average Bonchev–Trinajstić information content (AvgIpc) is 3.12. The fourth-order valence-corrected chi connectivity index (χ4v) is 5.22. The van der Waals surface area contributed by atoms with Gasteiger partial charge in [0.2, 0.25) is 0 Å². The fourth-order valence-electron chi connectivity index (χ4n) is 1.96. The lowest BCUT2D eigenvalue weighted by atomic mass is 10.2. The topological polar surface area (TPSA) is 41.6 Å². The van der Waals surface area contributed by atoms with E-state index in [4.69, 9.17) is 11.6 Å². The highest BCUT2D eigenvalue weighted by Crippen LogP contribution is 2.53. The Balaban J connectivity index is 1.90. The molecule has 1 aromatic carbocycles. The molecule has 1 aromatic heterocycles. The Morgan fingerprint density at radius 2 is 2.30 bits per heavy atom. The third kappa shape index (κ3) is 2.59. The van der Waals surface area contributed by atoms with Crippen LogP contribution in [0.4, 0.5) is 0 Å². The standard InChI is InChI=1S/C14H10ClN3S2/c15-11-4-2-1-3-10(11)13-8-19-14(20-13)12(7-16)18-6-5-17-9-18/h1-6,9,13H,8H2/t13-/m0/s1. The summed E-state index contributed by atoms with van der Waals surface area (Å²) in [4.78, 5) is 3.99. The van der Waals surface area contributed by atoms with Gasteiger partial charge < -0.3 is 0 Å². The number of benzene rings is 1. The molecule has 100 valence electrons. The number of thioether (sulfide) groups is 2. The first-order chi connectivity index (χ1) is 9.79. The van der Waals surface area contributed by atoms with Crippen molar-refractivity contribution in [1.82, 2.24) is 9.55 Å². The zero-order chi connectivity index (χ0) is 13.9. The molecule has 0 aliphatic carbocycles. The highest BCUT2D eigenvalue weighted by Gasteiger charge is 2.27. The number of aromatic nitrogens is 2. The van der Waals surface area contributed by atoms with Crippen molar-refractivity contribution < 1.29 is 0 Å². The van der Waals surface area contributed by atoms with Gasteiger partial charge in [-0.2, -0.15) is 5.26 Å². The van der Waals surface area contributed by atoms with E-state index in [0.29, 0.717) is 5.70 Å². The average molecular weight is 320 g/mol. The Morgan fingerprint density at radius 1 is 1.45 bits per heavy atom. The smallest absolute Gasteiger partial charge is 0.145 e. The third-order valence-corrected chi connectivity index (χ3v) is 6.19. The minimum atomic E-state index is 0.288. The van der Waals surface area contributed by atoms with E-state index >= 15 is 0 Å². The van der Waals surface area contributed by atoms with Gasteiger partial charge in [0, 0.05) is 28.4 Å². The lowest BCUT2D eigenvalue weighted by Crippen LogP contribution is -1.93. The first-order valence-corrected chi connectivity index (χ1v) is 8.20.